The number of hydrogen-bond acceptors (Lipinski definition) is 4. The van der Waals surface area contributed by atoms with Crippen LogP contribution in [0.2, 0.25) is 0 Å². The third kappa shape index (κ3) is 8.63. The quantitative estimate of drug-likeness (QED) is 0.596. The molecule has 0 bridgehead atoms. The predicted molar refractivity (Wildman–Crippen MR) is 86.0 cm³/mol. The van der Waals surface area contributed by atoms with Gasteiger partial charge in [-0.2, -0.15) is 0 Å². The second-order valence-corrected chi connectivity index (χ2v) is 5.89. The molecule has 0 radical (unpaired) electrons. The fourth-order valence-electron chi connectivity index (χ4n) is 1.64. The molecule has 0 fully saturated rings. The fourth-order valence-corrected chi connectivity index (χ4v) is 1.64. The number of amides is 1. The number of rotatable bonds is 7. The van der Waals surface area contributed by atoms with Gasteiger partial charge in [0.1, 0.15) is 11.6 Å². The van der Waals surface area contributed by atoms with Gasteiger partial charge in [-0.25, -0.2) is 9.59 Å². The van der Waals surface area contributed by atoms with Crippen LogP contribution in [0.15, 0.2) is 42.5 Å². The minimum Gasteiger partial charge on any atom is -0.479 e. The molecule has 0 spiro atoms. The van der Waals surface area contributed by atoms with E-state index in [0.29, 0.717) is 6.61 Å². The maximum Gasteiger partial charge on any atom is 0.408 e. The molecular weight excluding hydrogens is 298 g/mol. The lowest BCUT2D eigenvalue weighted by molar-refractivity contribution is -0.138. The number of carbonyl (C=O) groups is 2. The molecule has 1 unspecified atom stereocenters. The van der Waals surface area contributed by atoms with Crippen molar-refractivity contribution in [1.29, 1.82) is 0 Å². The Balaban J connectivity index is 2.40. The predicted octanol–water partition coefficient (Wildman–Crippen LogP) is 2.74. The Labute approximate surface area is 136 Å². The van der Waals surface area contributed by atoms with Crippen molar-refractivity contribution in [2.75, 3.05) is 6.61 Å². The average Bonchev–Trinajstić information content (AvgIpc) is 2.44. The zero-order valence-electron chi connectivity index (χ0n) is 13.6. The van der Waals surface area contributed by atoms with Crippen molar-refractivity contribution in [3.8, 4) is 0 Å². The smallest absolute Gasteiger partial charge is 0.408 e. The van der Waals surface area contributed by atoms with Crippen LogP contribution in [0.1, 0.15) is 26.3 Å². The van der Waals surface area contributed by atoms with Crippen LogP contribution in [0.5, 0.6) is 0 Å². The molecule has 0 aliphatic carbocycles. The summed E-state index contributed by atoms with van der Waals surface area (Å²) in [4.78, 5) is 22.7. The van der Waals surface area contributed by atoms with Gasteiger partial charge in [0.05, 0.1) is 13.2 Å². The molecule has 0 saturated heterocycles. The number of benzene rings is 1. The van der Waals surface area contributed by atoms with E-state index in [2.05, 4.69) is 5.32 Å². The Morgan fingerprint density at radius 2 is 1.91 bits per heavy atom. The molecule has 2 N–H and O–H groups in total. The first-order chi connectivity index (χ1) is 10.8. The Kier molecular flexibility index (Phi) is 7.28. The van der Waals surface area contributed by atoms with Gasteiger partial charge < -0.3 is 19.9 Å². The highest BCUT2D eigenvalue weighted by atomic mass is 16.6. The topological polar surface area (TPSA) is 84.9 Å². The van der Waals surface area contributed by atoms with Crippen LogP contribution < -0.4 is 5.32 Å². The highest BCUT2D eigenvalue weighted by Crippen LogP contribution is 2.07. The summed E-state index contributed by atoms with van der Waals surface area (Å²) in [6, 6.07) is 8.47. The van der Waals surface area contributed by atoms with Gasteiger partial charge in [-0.1, -0.05) is 42.5 Å². The number of aliphatic carboxylic acids is 1. The van der Waals surface area contributed by atoms with E-state index in [1.807, 2.05) is 30.3 Å². The summed E-state index contributed by atoms with van der Waals surface area (Å²) in [5.74, 6) is -1.17. The van der Waals surface area contributed by atoms with Crippen molar-refractivity contribution >= 4 is 12.1 Å². The van der Waals surface area contributed by atoms with Crippen molar-refractivity contribution in [3.63, 3.8) is 0 Å². The van der Waals surface area contributed by atoms with E-state index in [1.165, 1.54) is 6.08 Å². The second-order valence-electron chi connectivity index (χ2n) is 5.89. The van der Waals surface area contributed by atoms with Gasteiger partial charge in [-0.15, -0.1) is 0 Å². The van der Waals surface area contributed by atoms with Crippen molar-refractivity contribution < 1.29 is 24.2 Å². The lowest BCUT2D eigenvalue weighted by Crippen LogP contribution is -2.42. The number of nitrogens with one attached hydrogen (secondary N) is 1. The minimum atomic E-state index is -1.17. The largest absolute Gasteiger partial charge is 0.479 e. The van der Waals surface area contributed by atoms with Crippen LogP contribution in [-0.2, 0) is 20.9 Å². The Morgan fingerprint density at radius 3 is 2.48 bits per heavy atom. The Hall–Kier alpha value is -2.34. The van der Waals surface area contributed by atoms with Gasteiger partial charge in [0.25, 0.3) is 0 Å². The van der Waals surface area contributed by atoms with Crippen LogP contribution in [0, 0.1) is 0 Å². The van der Waals surface area contributed by atoms with Crippen molar-refractivity contribution in [1.82, 2.24) is 5.32 Å². The van der Waals surface area contributed by atoms with Crippen LogP contribution in [0.25, 0.3) is 0 Å². The minimum absolute atomic E-state index is 0.245. The molecule has 0 aliphatic rings. The van der Waals surface area contributed by atoms with E-state index in [9.17, 15) is 9.59 Å². The van der Waals surface area contributed by atoms with Crippen LogP contribution >= 0.6 is 0 Å². The first-order valence-corrected chi connectivity index (χ1v) is 7.28. The van der Waals surface area contributed by atoms with Crippen LogP contribution in [0.3, 0.4) is 0 Å². The van der Waals surface area contributed by atoms with E-state index >= 15 is 0 Å². The van der Waals surface area contributed by atoms with Crippen molar-refractivity contribution in [2.24, 2.45) is 0 Å². The van der Waals surface area contributed by atoms with E-state index in [4.69, 9.17) is 14.6 Å². The summed E-state index contributed by atoms with van der Waals surface area (Å²) in [5, 5.41) is 11.4. The first-order valence-electron chi connectivity index (χ1n) is 7.28. The summed E-state index contributed by atoms with van der Waals surface area (Å²) >= 11 is 0. The van der Waals surface area contributed by atoms with Crippen LogP contribution in [-0.4, -0.2) is 35.4 Å². The molecule has 0 heterocycles. The lowest BCUT2D eigenvalue weighted by atomic mass is 10.2. The summed E-state index contributed by atoms with van der Waals surface area (Å²) in [6.07, 6.45) is 2.14. The molecule has 1 amide bonds. The maximum atomic E-state index is 11.6. The number of hydrogen-bond donors (Lipinski definition) is 2. The van der Waals surface area contributed by atoms with E-state index in [0.717, 1.165) is 5.56 Å². The number of alkyl carbamates (subject to hydrolysis) is 1. The summed E-state index contributed by atoms with van der Waals surface area (Å²) < 4.78 is 10.4. The standard InChI is InChI=1S/C17H23NO5/c1-17(2,3)23-16(21)18-14(15(19)20)10-7-11-22-12-13-8-5-4-6-9-13/h4-10,14H,11-12H2,1-3H3,(H,18,21)(H,19,20). The molecule has 1 aromatic rings. The molecule has 0 aromatic heterocycles. The highest BCUT2D eigenvalue weighted by molar-refractivity contribution is 5.81. The van der Waals surface area contributed by atoms with E-state index < -0.39 is 23.7 Å². The lowest BCUT2D eigenvalue weighted by Gasteiger charge is -2.21. The van der Waals surface area contributed by atoms with Gasteiger partial charge in [-0.05, 0) is 26.3 Å². The third-order valence-electron chi connectivity index (χ3n) is 2.59. The molecule has 1 atom stereocenters. The number of carboxylic acids is 1. The highest BCUT2D eigenvalue weighted by Gasteiger charge is 2.21. The van der Waals surface area contributed by atoms with E-state index in [-0.39, 0.29) is 6.61 Å². The molecule has 0 saturated carbocycles. The van der Waals surface area contributed by atoms with E-state index in [1.54, 1.807) is 26.8 Å². The summed E-state index contributed by atoms with van der Waals surface area (Å²) in [7, 11) is 0. The van der Waals surface area contributed by atoms with Gasteiger partial charge in [0, 0.05) is 0 Å². The van der Waals surface area contributed by atoms with Gasteiger partial charge in [-0.3, -0.25) is 0 Å². The number of carbonyl (C=O) groups excluding carboxylic acids is 1. The molecular formula is C17H23NO5. The molecule has 1 rings (SSSR count). The molecule has 0 aliphatic heterocycles. The van der Waals surface area contributed by atoms with Crippen LogP contribution in [0.4, 0.5) is 4.79 Å². The number of ether oxygens (including phenoxy) is 2. The molecule has 126 valence electrons. The molecule has 23 heavy (non-hydrogen) atoms. The van der Waals surface area contributed by atoms with Crippen molar-refractivity contribution in [3.05, 3.63) is 48.0 Å². The van der Waals surface area contributed by atoms with Crippen molar-refractivity contribution in [2.45, 2.75) is 39.0 Å². The zero-order valence-corrected chi connectivity index (χ0v) is 13.6. The summed E-state index contributed by atoms with van der Waals surface area (Å²) in [6.45, 7) is 5.79. The SMILES string of the molecule is CC(C)(C)OC(=O)NC(C=CCOCc1ccccc1)C(=O)O. The maximum absolute atomic E-state index is 11.6. The normalized spacial score (nSPS) is 12.8. The fraction of sp³-hybridized carbons (Fsp3) is 0.412. The Morgan fingerprint density at radius 1 is 1.26 bits per heavy atom. The first kappa shape index (κ1) is 18.7. The Bertz CT molecular complexity index is 534. The average molecular weight is 321 g/mol. The third-order valence-corrected chi connectivity index (χ3v) is 2.59. The monoisotopic (exact) mass is 321 g/mol. The van der Waals surface area contributed by atoms with Gasteiger partial charge in [0.15, 0.2) is 0 Å². The molecule has 6 nitrogen and oxygen atoms in total. The van der Waals surface area contributed by atoms with Gasteiger partial charge >= 0.3 is 12.1 Å². The molecule has 1 aromatic carbocycles. The number of carboxylic acid groups (broad SMARTS) is 1. The van der Waals surface area contributed by atoms with Gasteiger partial charge in [0.2, 0.25) is 0 Å². The molecule has 6 heteroatoms. The zero-order chi connectivity index (χ0) is 17.3. The summed E-state index contributed by atoms with van der Waals surface area (Å²) in [5.41, 5.74) is 0.345. The second kappa shape index (κ2) is 8.95.